The number of guanidine groups is 1. The summed E-state index contributed by atoms with van der Waals surface area (Å²) in [5.74, 6) is 1.49. The average molecular weight is 482 g/mol. The number of nitrogens with one attached hydrogen (secondary N) is 1. The number of para-hydroxylation sites is 1. The van der Waals surface area contributed by atoms with Gasteiger partial charge >= 0.3 is 0 Å². The first-order chi connectivity index (χ1) is 11.5. The van der Waals surface area contributed by atoms with E-state index >= 15 is 0 Å². The molecular weight excluding hydrogens is 455 g/mol. The molecule has 1 saturated heterocycles. The fraction of sp³-hybridized carbons (Fsp3) is 0.562. The molecule has 1 aliphatic rings. The normalized spacial score (nSPS) is 16.2. The van der Waals surface area contributed by atoms with Gasteiger partial charge in [-0.25, -0.2) is 13.6 Å². The molecule has 142 valence electrons. The minimum absolute atomic E-state index is 0. The number of halogens is 1. The first kappa shape index (κ1) is 22.0. The standard InChI is InChI=1S/C16H26N4O3S.HI/c1-2-18-16(19-10-13-24(17,21)22)20-11-8-15(9-12-20)23-14-6-4-3-5-7-14;/h3-7,15H,2,8-13H2,1H3,(H,18,19)(H2,17,21,22);1H. The second-order valence-corrected chi connectivity index (χ2v) is 7.45. The van der Waals surface area contributed by atoms with E-state index in [4.69, 9.17) is 9.88 Å². The molecule has 1 aromatic carbocycles. The maximum Gasteiger partial charge on any atom is 0.210 e. The van der Waals surface area contributed by atoms with Crippen molar-refractivity contribution >= 4 is 40.0 Å². The summed E-state index contributed by atoms with van der Waals surface area (Å²) in [6.45, 7) is 4.52. The summed E-state index contributed by atoms with van der Waals surface area (Å²) >= 11 is 0. The number of aliphatic imine (C=N–C) groups is 1. The molecule has 0 aromatic heterocycles. The molecular formula is C16H27IN4O3S. The van der Waals surface area contributed by atoms with Crippen LogP contribution in [-0.4, -0.2) is 57.3 Å². The first-order valence-electron chi connectivity index (χ1n) is 8.23. The summed E-state index contributed by atoms with van der Waals surface area (Å²) in [6.07, 6.45) is 1.99. The molecule has 9 heteroatoms. The third kappa shape index (κ3) is 8.23. The van der Waals surface area contributed by atoms with Crippen molar-refractivity contribution < 1.29 is 13.2 Å². The summed E-state index contributed by atoms with van der Waals surface area (Å²) < 4.78 is 28.0. The summed E-state index contributed by atoms with van der Waals surface area (Å²) in [6, 6.07) is 9.82. The molecule has 0 aliphatic carbocycles. The van der Waals surface area contributed by atoms with Crippen LogP contribution in [0.3, 0.4) is 0 Å². The number of rotatable bonds is 6. The molecule has 0 radical (unpaired) electrons. The second kappa shape index (κ2) is 10.8. The van der Waals surface area contributed by atoms with Crippen LogP contribution in [-0.2, 0) is 10.0 Å². The fourth-order valence-corrected chi connectivity index (χ4v) is 2.93. The Hall–Kier alpha value is -1.07. The van der Waals surface area contributed by atoms with Crippen LogP contribution in [0, 0.1) is 0 Å². The lowest BCUT2D eigenvalue weighted by Gasteiger charge is -2.34. The summed E-state index contributed by atoms with van der Waals surface area (Å²) in [7, 11) is -3.48. The minimum Gasteiger partial charge on any atom is -0.490 e. The predicted molar refractivity (Wildman–Crippen MR) is 111 cm³/mol. The molecule has 2 rings (SSSR count). The minimum atomic E-state index is -3.48. The van der Waals surface area contributed by atoms with Crippen LogP contribution in [0.2, 0.25) is 0 Å². The monoisotopic (exact) mass is 482 g/mol. The number of sulfonamides is 1. The number of benzene rings is 1. The highest BCUT2D eigenvalue weighted by Gasteiger charge is 2.22. The highest BCUT2D eigenvalue weighted by atomic mass is 127. The van der Waals surface area contributed by atoms with E-state index < -0.39 is 10.0 Å². The van der Waals surface area contributed by atoms with E-state index in [0.29, 0.717) is 0 Å². The molecule has 1 heterocycles. The largest absolute Gasteiger partial charge is 0.490 e. The van der Waals surface area contributed by atoms with E-state index in [-0.39, 0.29) is 42.4 Å². The highest BCUT2D eigenvalue weighted by Crippen LogP contribution is 2.18. The molecule has 0 spiro atoms. The van der Waals surface area contributed by atoms with Crippen molar-refractivity contribution in [2.45, 2.75) is 25.9 Å². The molecule has 1 aliphatic heterocycles. The molecule has 0 atom stereocenters. The van der Waals surface area contributed by atoms with Gasteiger partial charge in [0.2, 0.25) is 10.0 Å². The van der Waals surface area contributed by atoms with E-state index in [0.717, 1.165) is 44.2 Å². The molecule has 7 nitrogen and oxygen atoms in total. The molecule has 1 fully saturated rings. The fourth-order valence-electron chi connectivity index (χ4n) is 2.58. The molecule has 0 saturated carbocycles. The molecule has 0 unspecified atom stereocenters. The maximum absolute atomic E-state index is 11.0. The Morgan fingerprint density at radius 1 is 1.32 bits per heavy atom. The van der Waals surface area contributed by atoms with Crippen LogP contribution in [0.25, 0.3) is 0 Å². The topological polar surface area (TPSA) is 97.0 Å². The van der Waals surface area contributed by atoms with Gasteiger partial charge in [0.25, 0.3) is 0 Å². The Balaban J connectivity index is 0.00000312. The first-order valence-corrected chi connectivity index (χ1v) is 9.95. The van der Waals surface area contributed by atoms with Crippen LogP contribution < -0.4 is 15.2 Å². The van der Waals surface area contributed by atoms with Gasteiger partial charge in [-0.3, -0.25) is 4.99 Å². The van der Waals surface area contributed by atoms with Gasteiger partial charge in [0, 0.05) is 32.5 Å². The quantitative estimate of drug-likeness (QED) is 0.363. The van der Waals surface area contributed by atoms with E-state index in [2.05, 4.69) is 15.2 Å². The number of piperidine rings is 1. The van der Waals surface area contributed by atoms with Crippen molar-refractivity contribution in [1.29, 1.82) is 0 Å². The van der Waals surface area contributed by atoms with Gasteiger partial charge in [0.15, 0.2) is 5.96 Å². The summed E-state index contributed by atoms with van der Waals surface area (Å²) in [5.41, 5.74) is 0. The lowest BCUT2D eigenvalue weighted by atomic mass is 10.1. The van der Waals surface area contributed by atoms with E-state index in [1.807, 2.05) is 37.3 Å². The molecule has 0 amide bonds. The van der Waals surface area contributed by atoms with Crippen molar-refractivity contribution in [1.82, 2.24) is 10.2 Å². The predicted octanol–water partition coefficient (Wildman–Crippen LogP) is 1.40. The van der Waals surface area contributed by atoms with Gasteiger partial charge in [-0.05, 0) is 19.1 Å². The Bertz CT molecular complexity index is 632. The zero-order valence-corrected chi connectivity index (χ0v) is 17.6. The highest BCUT2D eigenvalue weighted by molar-refractivity contribution is 14.0. The maximum atomic E-state index is 11.0. The lowest BCUT2D eigenvalue weighted by Crippen LogP contribution is -2.47. The second-order valence-electron chi connectivity index (χ2n) is 5.72. The lowest BCUT2D eigenvalue weighted by molar-refractivity contribution is 0.129. The molecule has 3 N–H and O–H groups in total. The number of nitrogens with zero attached hydrogens (tertiary/aromatic N) is 2. The Kier molecular flexibility index (Phi) is 9.51. The molecule has 25 heavy (non-hydrogen) atoms. The third-order valence-corrected chi connectivity index (χ3v) is 4.51. The number of nitrogens with two attached hydrogens (primary N) is 1. The van der Waals surface area contributed by atoms with Gasteiger partial charge in [0.05, 0.1) is 12.3 Å². The molecule has 1 aromatic rings. The third-order valence-electron chi connectivity index (χ3n) is 3.76. The van der Waals surface area contributed by atoms with Gasteiger partial charge in [0.1, 0.15) is 11.9 Å². The Labute approximate surface area is 167 Å². The zero-order valence-electron chi connectivity index (χ0n) is 14.4. The smallest absolute Gasteiger partial charge is 0.210 e. The van der Waals surface area contributed by atoms with Crippen molar-refractivity contribution in [3.05, 3.63) is 30.3 Å². The summed E-state index contributed by atoms with van der Waals surface area (Å²) in [5, 5.41) is 8.22. The van der Waals surface area contributed by atoms with Crippen molar-refractivity contribution in [2.75, 3.05) is 31.9 Å². The number of hydrogen-bond donors (Lipinski definition) is 2. The van der Waals surface area contributed by atoms with Crippen LogP contribution in [0.1, 0.15) is 19.8 Å². The van der Waals surface area contributed by atoms with E-state index in [9.17, 15) is 8.42 Å². The van der Waals surface area contributed by atoms with Gasteiger partial charge in [-0.1, -0.05) is 18.2 Å². The van der Waals surface area contributed by atoms with Crippen LogP contribution in [0.15, 0.2) is 35.3 Å². The molecule has 0 bridgehead atoms. The van der Waals surface area contributed by atoms with Crippen molar-refractivity contribution in [3.63, 3.8) is 0 Å². The van der Waals surface area contributed by atoms with Gasteiger partial charge < -0.3 is 15.0 Å². The van der Waals surface area contributed by atoms with E-state index in [1.54, 1.807) is 0 Å². The van der Waals surface area contributed by atoms with Gasteiger partial charge in [-0.15, -0.1) is 24.0 Å². The number of ether oxygens (including phenoxy) is 1. The average Bonchev–Trinajstić information content (AvgIpc) is 2.55. The number of hydrogen-bond acceptors (Lipinski definition) is 4. The van der Waals surface area contributed by atoms with Crippen molar-refractivity contribution in [2.24, 2.45) is 10.1 Å². The van der Waals surface area contributed by atoms with Crippen LogP contribution in [0.4, 0.5) is 0 Å². The van der Waals surface area contributed by atoms with Crippen LogP contribution >= 0.6 is 24.0 Å². The summed E-state index contributed by atoms with van der Waals surface area (Å²) in [4.78, 5) is 6.50. The Morgan fingerprint density at radius 3 is 2.52 bits per heavy atom. The number of primary sulfonamides is 1. The van der Waals surface area contributed by atoms with Gasteiger partial charge in [-0.2, -0.15) is 0 Å². The van der Waals surface area contributed by atoms with E-state index in [1.165, 1.54) is 0 Å². The SMILES string of the molecule is CCNC(=NCCS(N)(=O)=O)N1CCC(Oc2ccccc2)CC1.I. The zero-order chi connectivity index (χ0) is 17.4. The van der Waals surface area contributed by atoms with Crippen molar-refractivity contribution in [3.8, 4) is 5.75 Å². The number of likely N-dealkylation sites (tertiary alicyclic amines) is 1. The van der Waals surface area contributed by atoms with Crippen LogP contribution in [0.5, 0.6) is 5.75 Å². The Morgan fingerprint density at radius 2 is 1.96 bits per heavy atom.